The van der Waals surface area contributed by atoms with E-state index in [-0.39, 0.29) is 0 Å². The van der Waals surface area contributed by atoms with Crippen LogP contribution in [-0.2, 0) is 9.59 Å². The third-order valence-corrected chi connectivity index (χ3v) is 4.07. The van der Waals surface area contributed by atoms with E-state index in [1.807, 2.05) is 26.0 Å². The monoisotopic (exact) mass is 424 g/mol. The van der Waals surface area contributed by atoms with Gasteiger partial charge in [0.25, 0.3) is 0 Å². The first-order chi connectivity index (χ1) is 10.4. The summed E-state index contributed by atoms with van der Waals surface area (Å²) in [5.74, 6) is -1.40. The van der Waals surface area contributed by atoms with Gasteiger partial charge in [0.15, 0.2) is 0 Å². The maximum Gasteiger partial charge on any atom is 0.314 e. The summed E-state index contributed by atoms with van der Waals surface area (Å²) >= 11 is 6.71. The number of hydrogen-bond acceptors (Lipinski definition) is 2. The second kappa shape index (κ2) is 7.07. The number of amides is 2. The molecule has 4 nitrogen and oxygen atoms in total. The molecule has 0 aromatic heterocycles. The lowest BCUT2D eigenvalue weighted by Gasteiger charge is -2.10. The average molecular weight is 426 g/mol. The summed E-state index contributed by atoms with van der Waals surface area (Å²) in [6, 6.07) is 10.8. The van der Waals surface area contributed by atoms with Crippen LogP contribution in [0.15, 0.2) is 45.3 Å². The minimum absolute atomic E-state index is 0.607. The molecule has 2 aromatic rings. The first kappa shape index (κ1) is 16.7. The number of anilines is 2. The molecule has 0 fully saturated rings. The topological polar surface area (TPSA) is 58.2 Å². The molecule has 2 aromatic carbocycles. The molecular weight excluding hydrogens is 412 g/mol. The Labute approximate surface area is 145 Å². The van der Waals surface area contributed by atoms with Crippen molar-refractivity contribution in [1.82, 2.24) is 0 Å². The van der Waals surface area contributed by atoms with Crippen molar-refractivity contribution in [1.29, 1.82) is 0 Å². The van der Waals surface area contributed by atoms with Crippen molar-refractivity contribution in [3.05, 3.63) is 56.5 Å². The van der Waals surface area contributed by atoms with Gasteiger partial charge in [-0.05, 0) is 61.4 Å². The van der Waals surface area contributed by atoms with Crippen molar-refractivity contribution in [3.8, 4) is 0 Å². The predicted molar refractivity (Wildman–Crippen MR) is 95.0 cm³/mol. The molecule has 0 radical (unpaired) electrons. The number of benzene rings is 2. The fourth-order valence-electron chi connectivity index (χ4n) is 1.89. The standard InChI is InChI=1S/C16H14Br2N2O2/c1-9-7-11(17)3-5-13(9)19-15(21)16(22)20-14-6-4-12(18)8-10(14)2/h3-8H,1-2H3,(H,19,21)(H,20,22). The largest absolute Gasteiger partial charge is 0.318 e. The van der Waals surface area contributed by atoms with Crippen molar-refractivity contribution in [2.75, 3.05) is 10.6 Å². The molecule has 2 amide bonds. The second-order valence-corrected chi connectivity index (χ2v) is 6.66. The van der Waals surface area contributed by atoms with Crippen LogP contribution < -0.4 is 10.6 Å². The average Bonchev–Trinajstić information content (AvgIpc) is 2.44. The van der Waals surface area contributed by atoms with Crippen LogP contribution in [0.25, 0.3) is 0 Å². The predicted octanol–water partition coefficient (Wildman–Crippen LogP) is 4.41. The molecule has 0 aliphatic carbocycles. The molecule has 0 heterocycles. The first-order valence-corrected chi connectivity index (χ1v) is 8.10. The molecule has 0 aliphatic heterocycles. The highest BCUT2D eigenvalue weighted by Gasteiger charge is 2.15. The van der Waals surface area contributed by atoms with Crippen LogP contribution in [0.5, 0.6) is 0 Å². The van der Waals surface area contributed by atoms with Gasteiger partial charge in [-0.2, -0.15) is 0 Å². The van der Waals surface area contributed by atoms with E-state index in [1.165, 1.54) is 0 Å². The lowest BCUT2D eigenvalue weighted by molar-refractivity contribution is -0.133. The SMILES string of the molecule is Cc1cc(Br)ccc1NC(=O)C(=O)Nc1ccc(Br)cc1C. The Bertz CT molecular complexity index is 681. The summed E-state index contributed by atoms with van der Waals surface area (Å²) in [6.07, 6.45) is 0. The Balaban J connectivity index is 2.07. The van der Waals surface area contributed by atoms with Gasteiger partial charge in [0.2, 0.25) is 0 Å². The van der Waals surface area contributed by atoms with Crippen LogP contribution >= 0.6 is 31.9 Å². The van der Waals surface area contributed by atoms with E-state index >= 15 is 0 Å². The molecule has 0 bridgehead atoms. The number of halogens is 2. The van der Waals surface area contributed by atoms with Gasteiger partial charge in [0, 0.05) is 20.3 Å². The quantitative estimate of drug-likeness (QED) is 0.700. The summed E-state index contributed by atoms with van der Waals surface area (Å²) < 4.78 is 1.83. The third kappa shape index (κ3) is 4.18. The number of carbonyl (C=O) groups is 2. The molecule has 114 valence electrons. The van der Waals surface area contributed by atoms with Crippen LogP contribution in [0, 0.1) is 13.8 Å². The highest BCUT2D eigenvalue weighted by atomic mass is 79.9. The van der Waals surface area contributed by atoms with Crippen LogP contribution in [0.4, 0.5) is 11.4 Å². The van der Waals surface area contributed by atoms with Crippen molar-refractivity contribution < 1.29 is 9.59 Å². The summed E-state index contributed by atoms with van der Waals surface area (Å²) in [4.78, 5) is 24.0. The molecule has 0 aliphatic rings. The van der Waals surface area contributed by atoms with Crippen LogP contribution in [0.3, 0.4) is 0 Å². The molecule has 22 heavy (non-hydrogen) atoms. The molecule has 2 rings (SSSR count). The van der Waals surface area contributed by atoms with Crippen molar-refractivity contribution in [3.63, 3.8) is 0 Å². The normalized spacial score (nSPS) is 10.2. The van der Waals surface area contributed by atoms with Gasteiger partial charge in [0.05, 0.1) is 0 Å². The van der Waals surface area contributed by atoms with Crippen LogP contribution in [-0.4, -0.2) is 11.8 Å². The lowest BCUT2D eigenvalue weighted by atomic mass is 10.2. The minimum atomic E-state index is -0.701. The Kier molecular flexibility index (Phi) is 5.37. The first-order valence-electron chi connectivity index (χ1n) is 6.51. The fourth-order valence-corrected chi connectivity index (χ4v) is 2.84. The van der Waals surface area contributed by atoms with E-state index < -0.39 is 11.8 Å². The van der Waals surface area contributed by atoms with Crippen LogP contribution in [0.1, 0.15) is 11.1 Å². The Morgan fingerprint density at radius 2 is 1.14 bits per heavy atom. The molecule has 0 unspecified atom stereocenters. The number of aryl methyl sites for hydroxylation is 2. The molecule has 0 atom stereocenters. The fraction of sp³-hybridized carbons (Fsp3) is 0.125. The number of carbonyl (C=O) groups excluding carboxylic acids is 2. The minimum Gasteiger partial charge on any atom is -0.318 e. The van der Waals surface area contributed by atoms with E-state index in [0.29, 0.717) is 11.4 Å². The molecular formula is C16H14Br2N2O2. The second-order valence-electron chi connectivity index (χ2n) is 4.83. The molecule has 0 spiro atoms. The van der Waals surface area contributed by atoms with Gasteiger partial charge in [-0.3, -0.25) is 9.59 Å². The van der Waals surface area contributed by atoms with Crippen molar-refractivity contribution in [2.45, 2.75) is 13.8 Å². The maximum absolute atomic E-state index is 12.0. The maximum atomic E-state index is 12.0. The highest BCUT2D eigenvalue weighted by molar-refractivity contribution is 9.10. The van der Waals surface area contributed by atoms with Gasteiger partial charge >= 0.3 is 11.8 Å². The summed E-state index contributed by atoms with van der Waals surface area (Å²) in [5.41, 5.74) is 2.96. The molecule has 2 N–H and O–H groups in total. The van der Waals surface area contributed by atoms with Gasteiger partial charge in [-0.15, -0.1) is 0 Å². The smallest absolute Gasteiger partial charge is 0.314 e. The highest BCUT2D eigenvalue weighted by Crippen LogP contribution is 2.21. The van der Waals surface area contributed by atoms with Crippen molar-refractivity contribution in [2.24, 2.45) is 0 Å². The van der Waals surface area contributed by atoms with Gasteiger partial charge < -0.3 is 10.6 Å². The Morgan fingerprint density at radius 1 is 0.773 bits per heavy atom. The Morgan fingerprint density at radius 3 is 1.45 bits per heavy atom. The van der Waals surface area contributed by atoms with E-state index in [1.54, 1.807) is 24.3 Å². The Hall–Kier alpha value is -1.66. The molecule has 0 saturated carbocycles. The number of nitrogens with one attached hydrogen (secondary N) is 2. The lowest BCUT2D eigenvalue weighted by Crippen LogP contribution is -2.29. The zero-order valence-electron chi connectivity index (χ0n) is 12.0. The summed E-state index contributed by atoms with van der Waals surface area (Å²) in [5, 5.41) is 5.21. The van der Waals surface area contributed by atoms with Crippen LogP contribution in [0.2, 0.25) is 0 Å². The van der Waals surface area contributed by atoms with E-state index in [0.717, 1.165) is 20.1 Å². The zero-order chi connectivity index (χ0) is 16.3. The summed E-state index contributed by atoms with van der Waals surface area (Å²) in [7, 11) is 0. The molecule has 6 heteroatoms. The number of rotatable bonds is 2. The molecule has 0 saturated heterocycles. The third-order valence-electron chi connectivity index (χ3n) is 3.08. The van der Waals surface area contributed by atoms with Gasteiger partial charge in [-0.25, -0.2) is 0 Å². The summed E-state index contributed by atoms with van der Waals surface area (Å²) in [6.45, 7) is 3.72. The zero-order valence-corrected chi connectivity index (χ0v) is 15.2. The van der Waals surface area contributed by atoms with E-state index in [2.05, 4.69) is 42.5 Å². The van der Waals surface area contributed by atoms with Crippen molar-refractivity contribution >= 4 is 55.0 Å². The number of hydrogen-bond donors (Lipinski definition) is 2. The van der Waals surface area contributed by atoms with Gasteiger partial charge in [-0.1, -0.05) is 31.9 Å². The van der Waals surface area contributed by atoms with E-state index in [4.69, 9.17) is 0 Å². The van der Waals surface area contributed by atoms with Gasteiger partial charge in [0.1, 0.15) is 0 Å². The van der Waals surface area contributed by atoms with E-state index in [9.17, 15) is 9.59 Å².